The summed E-state index contributed by atoms with van der Waals surface area (Å²) in [4.78, 5) is 16.5. The summed E-state index contributed by atoms with van der Waals surface area (Å²) in [7, 11) is 1.55. The van der Waals surface area contributed by atoms with Crippen LogP contribution in [0.15, 0.2) is 23.7 Å². The van der Waals surface area contributed by atoms with E-state index in [-0.39, 0.29) is 0 Å². The highest BCUT2D eigenvalue weighted by Crippen LogP contribution is 2.35. The predicted molar refractivity (Wildman–Crippen MR) is 83.7 cm³/mol. The standard InChI is InChI=1S/C15H18N2O3S/c1-15(2,3)20-14(18)12-10(8-21-13(12)16)9-5-6-11(19-4)17-7-9/h5-8H,16H2,1-4H3. The largest absolute Gasteiger partial charge is 0.481 e. The van der Waals surface area contributed by atoms with Crippen molar-refractivity contribution < 1.29 is 14.3 Å². The first kappa shape index (κ1) is 15.3. The molecule has 0 saturated heterocycles. The molecule has 0 amide bonds. The average molecular weight is 306 g/mol. The second-order valence-corrected chi connectivity index (χ2v) is 6.39. The molecule has 0 fully saturated rings. The smallest absolute Gasteiger partial charge is 0.342 e. The van der Waals surface area contributed by atoms with Gasteiger partial charge in [0, 0.05) is 28.8 Å². The van der Waals surface area contributed by atoms with Gasteiger partial charge in [0.15, 0.2) is 0 Å². The minimum atomic E-state index is -0.569. The fraction of sp³-hybridized carbons (Fsp3) is 0.333. The zero-order valence-electron chi connectivity index (χ0n) is 12.5. The molecule has 2 rings (SSSR count). The van der Waals surface area contributed by atoms with E-state index in [0.717, 1.165) is 11.1 Å². The number of esters is 1. The van der Waals surface area contributed by atoms with E-state index in [9.17, 15) is 4.79 Å². The molecule has 0 aromatic carbocycles. The molecule has 2 aromatic rings. The van der Waals surface area contributed by atoms with Crippen LogP contribution in [0.4, 0.5) is 5.00 Å². The molecule has 2 aromatic heterocycles. The lowest BCUT2D eigenvalue weighted by atomic mass is 10.1. The van der Waals surface area contributed by atoms with Gasteiger partial charge in [-0.15, -0.1) is 11.3 Å². The summed E-state index contributed by atoms with van der Waals surface area (Å²) >= 11 is 1.31. The zero-order chi connectivity index (χ0) is 15.6. The van der Waals surface area contributed by atoms with Crippen LogP contribution < -0.4 is 10.5 Å². The van der Waals surface area contributed by atoms with Crippen LogP contribution in [0.2, 0.25) is 0 Å². The SMILES string of the molecule is COc1ccc(-c2csc(N)c2C(=O)OC(C)(C)C)cn1. The molecule has 0 aliphatic heterocycles. The third-order valence-corrected chi connectivity index (χ3v) is 3.49. The maximum atomic E-state index is 12.3. The van der Waals surface area contributed by atoms with Crippen molar-refractivity contribution in [2.45, 2.75) is 26.4 Å². The predicted octanol–water partition coefficient (Wildman–Crippen LogP) is 3.36. The molecule has 0 unspecified atom stereocenters. The first-order chi connectivity index (χ1) is 9.81. The first-order valence-corrected chi connectivity index (χ1v) is 7.30. The van der Waals surface area contributed by atoms with Gasteiger partial charge in [-0.1, -0.05) is 0 Å². The van der Waals surface area contributed by atoms with Crippen molar-refractivity contribution in [3.8, 4) is 17.0 Å². The second-order valence-electron chi connectivity index (χ2n) is 5.48. The van der Waals surface area contributed by atoms with Gasteiger partial charge in [0.05, 0.1) is 7.11 Å². The lowest BCUT2D eigenvalue weighted by Crippen LogP contribution is -2.24. The van der Waals surface area contributed by atoms with E-state index < -0.39 is 11.6 Å². The highest BCUT2D eigenvalue weighted by molar-refractivity contribution is 7.14. The van der Waals surface area contributed by atoms with Crippen LogP contribution in [-0.4, -0.2) is 23.7 Å². The van der Waals surface area contributed by atoms with Gasteiger partial charge in [-0.2, -0.15) is 0 Å². The lowest BCUT2D eigenvalue weighted by molar-refractivity contribution is 0.00722. The minimum absolute atomic E-state index is 0.391. The van der Waals surface area contributed by atoms with Gasteiger partial charge in [-0.25, -0.2) is 9.78 Å². The molecule has 5 nitrogen and oxygen atoms in total. The molecule has 0 radical (unpaired) electrons. The van der Waals surface area contributed by atoms with Crippen LogP contribution in [0.3, 0.4) is 0 Å². The van der Waals surface area contributed by atoms with Gasteiger partial charge in [0.2, 0.25) is 5.88 Å². The monoisotopic (exact) mass is 306 g/mol. The van der Waals surface area contributed by atoms with Crippen LogP contribution in [0.5, 0.6) is 5.88 Å². The summed E-state index contributed by atoms with van der Waals surface area (Å²) < 4.78 is 10.4. The van der Waals surface area contributed by atoms with Crippen LogP contribution in [0.25, 0.3) is 11.1 Å². The normalized spacial score (nSPS) is 11.2. The van der Waals surface area contributed by atoms with Crippen molar-refractivity contribution in [1.29, 1.82) is 0 Å². The van der Waals surface area contributed by atoms with E-state index in [2.05, 4.69) is 4.98 Å². The molecule has 6 heteroatoms. The molecular formula is C15H18N2O3S. The Labute approximate surface area is 127 Å². The number of thiophene rings is 1. The topological polar surface area (TPSA) is 74.4 Å². The van der Waals surface area contributed by atoms with Crippen molar-refractivity contribution in [2.75, 3.05) is 12.8 Å². The molecule has 2 N–H and O–H groups in total. The van der Waals surface area contributed by atoms with E-state index in [1.807, 2.05) is 32.2 Å². The number of carbonyl (C=O) groups is 1. The number of rotatable bonds is 3. The van der Waals surface area contributed by atoms with E-state index >= 15 is 0 Å². The van der Waals surface area contributed by atoms with Crippen molar-refractivity contribution >= 4 is 22.3 Å². The number of hydrogen-bond donors (Lipinski definition) is 1. The van der Waals surface area contributed by atoms with Gasteiger partial charge in [-0.3, -0.25) is 0 Å². The lowest BCUT2D eigenvalue weighted by Gasteiger charge is -2.20. The van der Waals surface area contributed by atoms with Crippen molar-refractivity contribution in [2.24, 2.45) is 0 Å². The van der Waals surface area contributed by atoms with Gasteiger partial charge >= 0.3 is 5.97 Å². The Balaban J connectivity index is 2.39. The number of pyridine rings is 1. The molecule has 21 heavy (non-hydrogen) atoms. The minimum Gasteiger partial charge on any atom is -0.481 e. The van der Waals surface area contributed by atoms with E-state index in [1.165, 1.54) is 11.3 Å². The first-order valence-electron chi connectivity index (χ1n) is 6.42. The van der Waals surface area contributed by atoms with Gasteiger partial charge < -0.3 is 15.2 Å². The molecule has 0 saturated carbocycles. The van der Waals surface area contributed by atoms with Gasteiger partial charge in [0.25, 0.3) is 0 Å². The van der Waals surface area contributed by atoms with Crippen LogP contribution in [-0.2, 0) is 4.74 Å². The van der Waals surface area contributed by atoms with E-state index in [0.29, 0.717) is 16.4 Å². The highest BCUT2D eigenvalue weighted by Gasteiger charge is 2.24. The summed E-state index contributed by atoms with van der Waals surface area (Å²) in [6, 6.07) is 3.57. The van der Waals surface area contributed by atoms with Gasteiger partial charge in [0.1, 0.15) is 16.2 Å². The molecule has 0 bridgehead atoms. The Morgan fingerprint density at radius 1 is 1.33 bits per heavy atom. The molecule has 0 aliphatic carbocycles. The fourth-order valence-electron chi connectivity index (χ4n) is 1.79. The Morgan fingerprint density at radius 2 is 2.05 bits per heavy atom. The van der Waals surface area contributed by atoms with Crippen molar-refractivity contribution in [3.05, 3.63) is 29.3 Å². The highest BCUT2D eigenvalue weighted by atomic mass is 32.1. The maximum Gasteiger partial charge on any atom is 0.342 e. The number of nitrogens with two attached hydrogens (primary N) is 1. The van der Waals surface area contributed by atoms with Crippen LogP contribution in [0.1, 0.15) is 31.1 Å². The Kier molecular flexibility index (Phi) is 4.18. The van der Waals surface area contributed by atoms with E-state index in [4.69, 9.17) is 15.2 Å². The Bertz CT molecular complexity index is 642. The second kappa shape index (κ2) is 5.73. The molecule has 2 heterocycles. The number of carbonyl (C=O) groups excluding carboxylic acids is 1. The average Bonchev–Trinajstić information content (AvgIpc) is 2.79. The maximum absolute atomic E-state index is 12.3. The summed E-state index contributed by atoms with van der Waals surface area (Å²) in [6.45, 7) is 5.46. The van der Waals surface area contributed by atoms with Crippen LogP contribution in [0, 0.1) is 0 Å². The Hall–Kier alpha value is -2.08. The quantitative estimate of drug-likeness (QED) is 0.880. The molecule has 112 valence electrons. The van der Waals surface area contributed by atoms with Crippen LogP contribution >= 0.6 is 11.3 Å². The number of hydrogen-bond acceptors (Lipinski definition) is 6. The summed E-state index contributed by atoms with van der Waals surface area (Å²) in [6.07, 6.45) is 1.65. The van der Waals surface area contributed by atoms with Crippen molar-refractivity contribution in [1.82, 2.24) is 4.98 Å². The summed E-state index contributed by atoms with van der Waals surface area (Å²) in [5.74, 6) is 0.0906. The zero-order valence-corrected chi connectivity index (χ0v) is 13.3. The number of aromatic nitrogens is 1. The van der Waals surface area contributed by atoms with Gasteiger partial charge in [-0.05, 0) is 26.8 Å². The fourth-order valence-corrected chi connectivity index (χ4v) is 2.60. The molecular weight excluding hydrogens is 288 g/mol. The molecule has 0 spiro atoms. The van der Waals surface area contributed by atoms with E-state index in [1.54, 1.807) is 19.4 Å². The summed E-state index contributed by atoms with van der Waals surface area (Å²) in [5, 5.41) is 2.27. The number of ether oxygens (including phenoxy) is 2. The Morgan fingerprint density at radius 3 is 2.57 bits per heavy atom. The molecule has 0 atom stereocenters. The number of nitrogens with zero attached hydrogens (tertiary/aromatic N) is 1. The number of methoxy groups -OCH3 is 1. The third kappa shape index (κ3) is 3.52. The number of anilines is 1. The van der Waals surface area contributed by atoms with Crippen molar-refractivity contribution in [3.63, 3.8) is 0 Å². The molecule has 0 aliphatic rings. The number of nitrogen functional groups attached to an aromatic ring is 1. The summed E-state index contributed by atoms with van der Waals surface area (Å²) in [5.41, 5.74) is 7.27. The third-order valence-electron chi connectivity index (χ3n) is 2.68.